The fraction of sp³-hybridized carbons (Fsp3) is 0.400. The molecule has 1 saturated heterocycles. The van der Waals surface area contributed by atoms with E-state index in [1.807, 2.05) is 60.7 Å². The Bertz CT molecular complexity index is 970. The number of benzene rings is 2. The number of nitrogens with zero attached hydrogens (tertiary/aromatic N) is 4. The lowest BCUT2D eigenvalue weighted by atomic mass is 10.0. The van der Waals surface area contributed by atoms with Crippen LogP contribution in [0.15, 0.2) is 64.9 Å². The van der Waals surface area contributed by atoms with E-state index in [0.29, 0.717) is 0 Å². The number of para-hydroxylation sites is 1. The number of carboxylic acids is 1. The van der Waals surface area contributed by atoms with E-state index in [0.717, 1.165) is 61.4 Å². The monoisotopic (exact) mass is 450 g/mol. The van der Waals surface area contributed by atoms with Crippen LogP contribution in [0.3, 0.4) is 0 Å². The number of aliphatic carboxylic acids is 1. The Hall–Kier alpha value is -3.23. The molecular formula is C25H30N4O4. The van der Waals surface area contributed by atoms with Crippen molar-refractivity contribution < 1.29 is 19.5 Å². The summed E-state index contributed by atoms with van der Waals surface area (Å²) in [6.45, 7) is 2.35. The van der Waals surface area contributed by atoms with E-state index >= 15 is 0 Å². The molecule has 0 radical (unpaired) electrons. The third kappa shape index (κ3) is 6.63. The fourth-order valence-corrected chi connectivity index (χ4v) is 4.06. The van der Waals surface area contributed by atoms with Gasteiger partial charge in [0, 0.05) is 33.1 Å². The van der Waals surface area contributed by atoms with Crippen molar-refractivity contribution in [1.29, 1.82) is 0 Å². The summed E-state index contributed by atoms with van der Waals surface area (Å²) in [4.78, 5) is 18.7. The Morgan fingerprint density at radius 1 is 1.21 bits per heavy atom. The first-order valence-corrected chi connectivity index (χ1v) is 11.3. The number of hydrogen-bond donors (Lipinski definition) is 1. The summed E-state index contributed by atoms with van der Waals surface area (Å²) in [6, 6.07) is 18.2. The minimum absolute atomic E-state index is 0.0307. The molecule has 8 heteroatoms. The van der Waals surface area contributed by atoms with Crippen LogP contribution in [0, 0.1) is 0 Å². The van der Waals surface area contributed by atoms with Crippen molar-refractivity contribution in [2.45, 2.75) is 31.5 Å². The SMILES string of the molecule is CN(/N=C/c1ccc(C2=NOC(CN3CCC(OCC(=O)O)CC3)C2)cc1)c1ccccc1. The van der Waals surface area contributed by atoms with E-state index in [2.05, 4.69) is 27.3 Å². The molecule has 0 spiro atoms. The number of ether oxygens (including phenoxy) is 1. The van der Waals surface area contributed by atoms with Gasteiger partial charge in [-0.25, -0.2) is 4.79 Å². The zero-order chi connectivity index (χ0) is 23.0. The van der Waals surface area contributed by atoms with Gasteiger partial charge in [-0.2, -0.15) is 5.10 Å². The Balaban J connectivity index is 1.22. The lowest BCUT2D eigenvalue weighted by molar-refractivity contribution is -0.145. The molecule has 1 unspecified atom stereocenters. The topological polar surface area (TPSA) is 87.0 Å². The molecule has 1 N–H and O–H groups in total. The fourth-order valence-electron chi connectivity index (χ4n) is 4.06. The molecule has 0 aliphatic carbocycles. The Labute approximate surface area is 194 Å². The van der Waals surface area contributed by atoms with Gasteiger partial charge in [-0.05, 0) is 36.1 Å². The van der Waals surface area contributed by atoms with E-state index in [1.54, 1.807) is 0 Å². The van der Waals surface area contributed by atoms with Crippen LogP contribution in [0.25, 0.3) is 0 Å². The van der Waals surface area contributed by atoms with Crippen molar-refractivity contribution in [2.75, 3.05) is 38.3 Å². The maximum atomic E-state index is 10.6. The van der Waals surface area contributed by atoms with Crippen molar-refractivity contribution in [1.82, 2.24) is 4.90 Å². The number of rotatable bonds is 9. The standard InChI is InChI=1S/C25H30N4O4/c1-28(21-5-3-2-4-6-21)26-16-19-7-9-20(10-8-19)24-15-23(33-27-24)17-29-13-11-22(12-14-29)32-18-25(30)31/h2-10,16,22-23H,11-15,17-18H2,1H3,(H,30,31)/b26-16+. The lowest BCUT2D eigenvalue weighted by Gasteiger charge is -2.32. The second kappa shape index (κ2) is 11.1. The molecule has 0 bridgehead atoms. The summed E-state index contributed by atoms with van der Waals surface area (Å²) < 4.78 is 5.41. The Morgan fingerprint density at radius 3 is 2.64 bits per heavy atom. The molecule has 1 atom stereocenters. The maximum absolute atomic E-state index is 10.6. The van der Waals surface area contributed by atoms with Gasteiger partial charge in [0.2, 0.25) is 0 Å². The highest BCUT2D eigenvalue weighted by molar-refractivity contribution is 6.01. The predicted molar refractivity (Wildman–Crippen MR) is 128 cm³/mol. The smallest absolute Gasteiger partial charge is 0.329 e. The molecule has 8 nitrogen and oxygen atoms in total. The average molecular weight is 451 g/mol. The second-order valence-electron chi connectivity index (χ2n) is 8.40. The molecule has 2 aliphatic heterocycles. The maximum Gasteiger partial charge on any atom is 0.329 e. The highest BCUT2D eigenvalue weighted by Crippen LogP contribution is 2.21. The summed E-state index contributed by atoms with van der Waals surface area (Å²) in [5.74, 6) is -0.915. The van der Waals surface area contributed by atoms with Crippen LogP contribution in [0.2, 0.25) is 0 Å². The third-order valence-electron chi connectivity index (χ3n) is 5.93. The van der Waals surface area contributed by atoms with Gasteiger partial charge in [0.05, 0.1) is 23.7 Å². The molecule has 4 rings (SSSR count). The molecule has 2 aliphatic rings. The van der Waals surface area contributed by atoms with Crippen LogP contribution in [-0.4, -0.2) is 73.4 Å². The highest BCUT2D eigenvalue weighted by atomic mass is 16.6. The molecule has 33 heavy (non-hydrogen) atoms. The summed E-state index contributed by atoms with van der Waals surface area (Å²) in [6.07, 6.45) is 4.38. The molecule has 0 saturated carbocycles. The van der Waals surface area contributed by atoms with Crippen molar-refractivity contribution in [3.63, 3.8) is 0 Å². The predicted octanol–water partition coefficient (Wildman–Crippen LogP) is 3.22. The van der Waals surface area contributed by atoms with E-state index in [4.69, 9.17) is 14.7 Å². The van der Waals surface area contributed by atoms with Gasteiger partial charge in [-0.15, -0.1) is 0 Å². The summed E-state index contributed by atoms with van der Waals surface area (Å²) >= 11 is 0. The molecule has 2 aromatic carbocycles. The van der Waals surface area contributed by atoms with Crippen LogP contribution < -0.4 is 5.01 Å². The van der Waals surface area contributed by atoms with Gasteiger partial charge in [-0.1, -0.05) is 47.6 Å². The Kier molecular flexibility index (Phi) is 7.70. The van der Waals surface area contributed by atoms with E-state index in [9.17, 15) is 4.79 Å². The van der Waals surface area contributed by atoms with Crippen molar-refractivity contribution >= 4 is 23.6 Å². The molecule has 1 fully saturated rings. The van der Waals surface area contributed by atoms with Crippen LogP contribution in [0.1, 0.15) is 30.4 Å². The number of oxime groups is 1. The van der Waals surface area contributed by atoms with Crippen LogP contribution in [0.5, 0.6) is 0 Å². The summed E-state index contributed by atoms with van der Waals surface area (Å²) in [7, 11) is 1.93. The zero-order valence-electron chi connectivity index (χ0n) is 18.8. The van der Waals surface area contributed by atoms with Crippen LogP contribution >= 0.6 is 0 Å². The molecule has 174 valence electrons. The minimum Gasteiger partial charge on any atom is -0.480 e. The quantitative estimate of drug-likeness (QED) is 0.466. The van der Waals surface area contributed by atoms with E-state index < -0.39 is 5.97 Å². The second-order valence-corrected chi connectivity index (χ2v) is 8.40. The van der Waals surface area contributed by atoms with Crippen molar-refractivity contribution in [3.8, 4) is 0 Å². The van der Waals surface area contributed by atoms with Gasteiger partial charge in [0.15, 0.2) is 0 Å². The number of anilines is 1. The van der Waals surface area contributed by atoms with Gasteiger partial charge in [-0.3, -0.25) is 9.91 Å². The third-order valence-corrected chi connectivity index (χ3v) is 5.93. The van der Waals surface area contributed by atoms with Gasteiger partial charge >= 0.3 is 5.97 Å². The van der Waals surface area contributed by atoms with Gasteiger partial charge in [0.1, 0.15) is 12.7 Å². The minimum atomic E-state index is -0.915. The van der Waals surface area contributed by atoms with Crippen molar-refractivity contribution in [3.05, 3.63) is 65.7 Å². The first-order chi connectivity index (χ1) is 16.1. The van der Waals surface area contributed by atoms with E-state index in [-0.39, 0.29) is 18.8 Å². The summed E-state index contributed by atoms with van der Waals surface area (Å²) in [5, 5.41) is 19.4. The first kappa shape index (κ1) is 22.9. The number of carbonyl (C=O) groups is 1. The number of carboxylic acid groups (broad SMARTS) is 1. The summed E-state index contributed by atoms with van der Waals surface area (Å²) in [5.41, 5.74) is 4.08. The van der Waals surface area contributed by atoms with Gasteiger partial charge in [0.25, 0.3) is 0 Å². The molecule has 2 aromatic rings. The van der Waals surface area contributed by atoms with Crippen molar-refractivity contribution in [2.24, 2.45) is 10.3 Å². The molecule has 2 heterocycles. The molecular weight excluding hydrogens is 420 g/mol. The Morgan fingerprint density at radius 2 is 1.94 bits per heavy atom. The largest absolute Gasteiger partial charge is 0.480 e. The number of hydrogen-bond acceptors (Lipinski definition) is 7. The van der Waals surface area contributed by atoms with Crippen LogP contribution in [-0.2, 0) is 14.4 Å². The lowest BCUT2D eigenvalue weighted by Crippen LogP contribution is -2.41. The normalized spacial score (nSPS) is 19.4. The molecule has 0 amide bonds. The zero-order valence-corrected chi connectivity index (χ0v) is 18.8. The van der Waals surface area contributed by atoms with Crippen LogP contribution in [0.4, 0.5) is 5.69 Å². The number of hydrazone groups is 1. The number of piperidine rings is 1. The first-order valence-electron chi connectivity index (χ1n) is 11.3. The average Bonchev–Trinajstić information content (AvgIpc) is 3.31. The number of likely N-dealkylation sites (tertiary alicyclic amines) is 1. The van der Waals surface area contributed by atoms with E-state index in [1.165, 1.54) is 0 Å². The molecule has 0 aromatic heterocycles. The van der Waals surface area contributed by atoms with Gasteiger partial charge < -0.3 is 14.7 Å². The highest BCUT2D eigenvalue weighted by Gasteiger charge is 2.27.